The minimum Gasteiger partial charge on any atom is -0.356 e. The molecule has 2 saturated heterocycles. The molecule has 2 unspecified atom stereocenters. The molecule has 1 N–H and O–H groups in total. The highest BCUT2D eigenvalue weighted by molar-refractivity contribution is 6.01. The van der Waals surface area contributed by atoms with Gasteiger partial charge in [-0.05, 0) is 44.1 Å². The summed E-state index contributed by atoms with van der Waals surface area (Å²) in [5, 5.41) is 11.0. The molecule has 6 nitrogen and oxygen atoms in total. The van der Waals surface area contributed by atoms with Crippen LogP contribution in [0.25, 0.3) is 0 Å². The summed E-state index contributed by atoms with van der Waals surface area (Å²) in [7, 11) is 0. The lowest BCUT2D eigenvalue weighted by molar-refractivity contribution is -0.0775. The Labute approximate surface area is 131 Å². The van der Waals surface area contributed by atoms with E-state index in [9.17, 15) is 10.0 Å². The summed E-state index contributed by atoms with van der Waals surface area (Å²) in [5.41, 5.74) is 0.861. The van der Waals surface area contributed by atoms with Crippen LogP contribution in [0.5, 0.6) is 0 Å². The second kappa shape index (κ2) is 5.66. The fraction of sp³-hybridized carbons (Fsp3) is 0.750. The molecule has 3 atom stereocenters. The Morgan fingerprint density at radius 2 is 2.36 bits per heavy atom. The molecule has 0 aromatic rings. The number of urea groups is 1. The Balaban J connectivity index is 1.76. The zero-order chi connectivity index (χ0) is 15.9. The van der Waals surface area contributed by atoms with Gasteiger partial charge in [0.15, 0.2) is 0 Å². The zero-order valence-corrected chi connectivity index (χ0v) is 13.4. The molecule has 0 aromatic carbocycles. The van der Waals surface area contributed by atoms with Crippen molar-refractivity contribution in [1.82, 2.24) is 9.96 Å². The van der Waals surface area contributed by atoms with Gasteiger partial charge in [0.2, 0.25) is 0 Å². The first-order valence-corrected chi connectivity index (χ1v) is 8.09. The Hall–Kier alpha value is -1.40. The van der Waals surface area contributed by atoms with Crippen LogP contribution in [0.3, 0.4) is 0 Å². The van der Waals surface area contributed by atoms with Crippen molar-refractivity contribution in [3.63, 3.8) is 0 Å². The fourth-order valence-electron chi connectivity index (χ4n) is 3.58. The van der Waals surface area contributed by atoms with Crippen LogP contribution in [0.15, 0.2) is 17.6 Å². The fourth-order valence-corrected chi connectivity index (χ4v) is 3.58. The average Bonchev–Trinajstić information content (AvgIpc) is 3.24. The third-order valence-corrected chi connectivity index (χ3v) is 5.41. The van der Waals surface area contributed by atoms with Gasteiger partial charge in [0.25, 0.3) is 0 Å². The lowest BCUT2D eigenvalue weighted by Gasteiger charge is -2.36. The SMILES string of the molecule is C=CC(=NCOC(C)CC)[C@@H]1CC2(CC2)C2CN1C(=O)N2O. The highest BCUT2D eigenvalue weighted by Gasteiger charge is 2.63. The molecule has 22 heavy (non-hydrogen) atoms. The molecular formula is C16H25N3O3. The van der Waals surface area contributed by atoms with E-state index < -0.39 is 0 Å². The summed E-state index contributed by atoms with van der Waals surface area (Å²) in [4.78, 5) is 18.5. The third kappa shape index (κ3) is 2.44. The van der Waals surface area contributed by atoms with Gasteiger partial charge < -0.3 is 9.64 Å². The number of hydroxylamine groups is 2. The first-order chi connectivity index (χ1) is 10.5. The monoisotopic (exact) mass is 307 g/mol. The zero-order valence-electron chi connectivity index (χ0n) is 13.4. The maximum atomic E-state index is 12.2. The van der Waals surface area contributed by atoms with Crippen LogP contribution in [0, 0.1) is 5.41 Å². The van der Waals surface area contributed by atoms with Gasteiger partial charge in [-0.1, -0.05) is 13.5 Å². The molecule has 3 aliphatic rings. The van der Waals surface area contributed by atoms with Crippen molar-refractivity contribution in [2.24, 2.45) is 10.4 Å². The summed E-state index contributed by atoms with van der Waals surface area (Å²) in [6.45, 7) is 8.80. The van der Waals surface area contributed by atoms with Gasteiger partial charge in [0.1, 0.15) is 6.73 Å². The molecule has 2 amide bonds. The standard InChI is InChI=1S/C16H25N3O3/c1-4-11(3)22-10-17-12(5-2)13-8-16(6-7-16)14-9-18(13)15(20)19(14)21/h5,11,13-14,21H,2,4,6-10H2,1,3H3/t11?,13-,14?/m0/s1. The number of nitrogens with zero attached hydrogens (tertiary/aromatic N) is 3. The highest BCUT2D eigenvalue weighted by atomic mass is 16.5. The molecule has 122 valence electrons. The van der Waals surface area contributed by atoms with Crippen LogP contribution >= 0.6 is 0 Å². The molecule has 3 fully saturated rings. The third-order valence-electron chi connectivity index (χ3n) is 5.41. The van der Waals surface area contributed by atoms with E-state index in [1.165, 1.54) is 0 Å². The van der Waals surface area contributed by atoms with Crippen molar-refractivity contribution in [2.45, 2.75) is 57.7 Å². The van der Waals surface area contributed by atoms with Crippen LogP contribution in [0.4, 0.5) is 4.79 Å². The van der Waals surface area contributed by atoms with Gasteiger partial charge in [-0.2, -0.15) is 0 Å². The second-order valence-corrected chi connectivity index (χ2v) is 6.68. The van der Waals surface area contributed by atoms with Gasteiger partial charge in [0, 0.05) is 6.54 Å². The van der Waals surface area contributed by atoms with Gasteiger partial charge in [0.05, 0.1) is 23.9 Å². The largest absolute Gasteiger partial charge is 0.356 e. The maximum Gasteiger partial charge on any atom is 0.344 e. The number of rotatable bonds is 6. The quantitative estimate of drug-likeness (QED) is 0.605. The van der Waals surface area contributed by atoms with Crippen molar-refractivity contribution in [3.05, 3.63) is 12.7 Å². The smallest absolute Gasteiger partial charge is 0.344 e. The van der Waals surface area contributed by atoms with Crippen molar-refractivity contribution in [3.8, 4) is 0 Å². The maximum absolute atomic E-state index is 12.2. The van der Waals surface area contributed by atoms with Crippen LogP contribution in [-0.2, 0) is 4.74 Å². The Bertz CT molecular complexity index is 501. The number of hydrogen-bond donors (Lipinski definition) is 1. The van der Waals surface area contributed by atoms with Crippen LogP contribution in [0.2, 0.25) is 0 Å². The van der Waals surface area contributed by atoms with Crippen LogP contribution < -0.4 is 0 Å². The van der Waals surface area contributed by atoms with Crippen molar-refractivity contribution in [1.29, 1.82) is 0 Å². The summed E-state index contributed by atoms with van der Waals surface area (Å²) in [6.07, 6.45) is 5.82. The highest BCUT2D eigenvalue weighted by Crippen LogP contribution is 2.58. The molecular weight excluding hydrogens is 282 g/mol. The van der Waals surface area contributed by atoms with E-state index in [2.05, 4.69) is 18.5 Å². The Morgan fingerprint density at radius 3 is 2.95 bits per heavy atom. The molecule has 3 rings (SSSR count). The number of aliphatic imine (C=N–C) groups is 1. The number of ether oxygens (including phenoxy) is 1. The van der Waals surface area contributed by atoms with Gasteiger partial charge >= 0.3 is 6.03 Å². The Morgan fingerprint density at radius 1 is 1.64 bits per heavy atom. The topological polar surface area (TPSA) is 65.4 Å². The molecule has 1 spiro atoms. The van der Waals surface area contributed by atoms with E-state index in [1.54, 1.807) is 11.0 Å². The number of carbonyl (C=O) groups excluding carboxylic acids is 1. The van der Waals surface area contributed by atoms with Gasteiger partial charge in [-0.15, -0.1) is 0 Å². The summed E-state index contributed by atoms with van der Waals surface area (Å²) in [5.74, 6) is 0. The van der Waals surface area contributed by atoms with Gasteiger partial charge in [-0.3, -0.25) is 10.2 Å². The molecule has 2 bridgehead atoms. The molecule has 0 radical (unpaired) electrons. The molecule has 2 aliphatic heterocycles. The van der Waals surface area contributed by atoms with Crippen molar-refractivity contribution >= 4 is 11.7 Å². The lowest BCUT2D eigenvalue weighted by atomic mass is 9.83. The minimum atomic E-state index is -0.309. The van der Waals surface area contributed by atoms with E-state index in [1.807, 2.05) is 6.92 Å². The Kier molecular flexibility index (Phi) is 3.99. The number of amides is 2. The van der Waals surface area contributed by atoms with E-state index in [0.29, 0.717) is 6.54 Å². The molecule has 2 heterocycles. The van der Waals surface area contributed by atoms with E-state index >= 15 is 0 Å². The lowest BCUT2D eigenvalue weighted by Crippen LogP contribution is -2.48. The van der Waals surface area contributed by atoms with Crippen molar-refractivity contribution < 1.29 is 14.7 Å². The summed E-state index contributed by atoms with van der Waals surface area (Å²) >= 11 is 0. The van der Waals surface area contributed by atoms with Crippen LogP contribution in [-0.4, -0.2) is 58.4 Å². The summed E-state index contributed by atoms with van der Waals surface area (Å²) < 4.78 is 5.61. The van der Waals surface area contributed by atoms with Gasteiger partial charge in [-0.25, -0.2) is 9.86 Å². The number of fused-ring (bicyclic) bond motifs is 3. The van der Waals surface area contributed by atoms with Crippen LogP contribution in [0.1, 0.15) is 39.5 Å². The van der Waals surface area contributed by atoms with E-state index in [-0.39, 0.29) is 36.4 Å². The number of carbonyl (C=O) groups is 1. The minimum absolute atomic E-state index is 0.0568. The average molecular weight is 307 g/mol. The van der Waals surface area contributed by atoms with E-state index in [0.717, 1.165) is 36.5 Å². The first kappa shape index (κ1) is 15.5. The number of piperidine rings is 1. The molecule has 0 aromatic heterocycles. The normalized spacial score (nSPS) is 30.9. The predicted octanol–water partition coefficient (Wildman–Crippen LogP) is 2.43. The molecule has 1 saturated carbocycles. The number of hydrogen-bond acceptors (Lipinski definition) is 4. The molecule has 1 aliphatic carbocycles. The predicted molar refractivity (Wildman–Crippen MR) is 82.9 cm³/mol. The summed E-state index contributed by atoms with van der Waals surface area (Å²) in [6, 6.07) is -0.462. The first-order valence-electron chi connectivity index (χ1n) is 8.09. The van der Waals surface area contributed by atoms with Crippen molar-refractivity contribution in [2.75, 3.05) is 13.3 Å². The molecule has 6 heteroatoms. The second-order valence-electron chi connectivity index (χ2n) is 6.68. The van der Waals surface area contributed by atoms with E-state index in [4.69, 9.17) is 4.74 Å².